The summed E-state index contributed by atoms with van der Waals surface area (Å²) in [4.78, 5) is 17.3. The molecule has 2 aliphatic carbocycles. The number of aliphatic hydroxyl groups is 2. The molecular formula is C41H33N2O6-. The van der Waals surface area contributed by atoms with Crippen molar-refractivity contribution < 1.29 is 30.3 Å². The Morgan fingerprint density at radius 2 is 0.898 bits per heavy atom. The zero-order valence-electron chi connectivity index (χ0n) is 25.4. The van der Waals surface area contributed by atoms with Gasteiger partial charge < -0.3 is 35.3 Å². The number of aliphatic hydroxyl groups excluding tert-OH is 2. The fourth-order valence-corrected chi connectivity index (χ4v) is 6.18. The molecule has 0 atom stereocenters. The molecule has 0 fully saturated rings. The summed E-state index contributed by atoms with van der Waals surface area (Å²) >= 11 is 0. The predicted molar refractivity (Wildman–Crippen MR) is 190 cm³/mol. The van der Waals surface area contributed by atoms with E-state index < -0.39 is 51.7 Å². The van der Waals surface area contributed by atoms with Crippen molar-refractivity contribution in [2.24, 2.45) is 0 Å². The highest BCUT2D eigenvalue weighted by molar-refractivity contribution is 6.40. The highest BCUT2D eigenvalue weighted by atomic mass is 16.3. The van der Waals surface area contributed by atoms with Gasteiger partial charge in [0.1, 0.15) is 23.0 Å². The van der Waals surface area contributed by atoms with Gasteiger partial charge in [0.15, 0.2) is 5.78 Å². The van der Waals surface area contributed by atoms with E-state index in [2.05, 4.69) is 0 Å². The molecule has 0 amide bonds. The van der Waals surface area contributed by atoms with Gasteiger partial charge in [-0.3, -0.25) is 4.79 Å². The third-order valence-electron chi connectivity index (χ3n) is 8.31. The van der Waals surface area contributed by atoms with Crippen molar-refractivity contribution in [1.29, 1.82) is 0 Å². The number of allylic oxidation sites excluding steroid dienone is 2. The molecule has 0 unspecified atom stereocenters. The topological polar surface area (TPSA) is 128 Å². The third kappa shape index (κ3) is 5.76. The summed E-state index contributed by atoms with van der Waals surface area (Å²) in [5.41, 5.74) is 1.98. The minimum absolute atomic E-state index is 0. The van der Waals surface area contributed by atoms with Gasteiger partial charge in [-0.15, -0.1) is 0 Å². The van der Waals surface area contributed by atoms with Crippen LogP contribution in [0, 0.1) is 0 Å². The lowest BCUT2D eigenvalue weighted by Gasteiger charge is -2.36. The lowest BCUT2D eigenvalue weighted by molar-refractivity contribution is -0.297. The highest BCUT2D eigenvalue weighted by Gasteiger charge is 2.38. The molecule has 0 saturated carbocycles. The molecule has 0 radical (unpaired) electrons. The molecule has 0 aromatic heterocycles. The van der Waals surface area contributed by atoms with Crippen molar-refractivity contribution in [3.63, 3.8) is 0 Å². The van der Waals surface area contributed by atoms with Crippen LogP contribution in [0.1, 0.15) is 13.0 Å². The zero-order chi connectivity index (χ0) is 33.4. The monoisotopic (exact) mass is 649 g/mol. The standard InChI is InChI=1S/C40H30N2O6.CH4/c43-31-21-29(41(25-13-5-1-6-14-25)26-15-7-2-8-16-26)22-32(44)35(31)37-39(47)38(40(37)48)36-33(45)23-30(24-34(36)46)42(27-17-9-3-10-18-27)28-19-11-4-12-20-28;/h1-24,29,43-47H;1H4/p-1. The lowest BCUT2D eigenvalue weighted by Crippen LogP contribution is -2.34. The van der Waals surface area contributed by atoms with E-state index >= 15 is 0 Å². The van der Waals surface area contributed by atoms with E-state index in [-0.39, 0.29) is 18.6 Å². The van der Waals surface area contributed by atoms with Crippen LogP contribution in [0.4, 0.5) is 28.4 Å². The number of hydrogen-bond donors (Lipinski definition) is 4. The minimum Gasteiger partial charge on any atom is -0.871 e. The van der Waals surface area contributed by atoms with E-state index in [9.17, 15) is 30.3 Å². The number of aromatic hydroxyl groups is 2. The van der Waals surface area contributed by atoms with Gasteiger partial charge in [-0.25, -0.2) is 0 Å². The van der Waals surface area contributed by atoms with Crippen LogP contribution >= 0.6 is 0 Å². The summed E-state index contributed by atoms with van der Waals surface area (Å²) in [6, 6.07) is 39.5. The van der Waals surface area contributed by atoms with Gasteiger partial charge in [0.2, 0.25) is 0 Å². The Bertz CT molecular complexity index is 2020. The minimum atomic E-state index is -0.822. The summed E-state index contributed by atoms with van der Waals surface area (Å²) in [7, 11) is 0. The molecule has 0 bridgehead atoms. The van der Waals surface area contributed by atoms with Crippen molar-refractivity contribution in [2.45, 2.75) is 13.5 Å². The van der Waals surface area contributed by atoms with Crippen molar-refractivity contribution in [3.05, 3.63) is 180 Å². The summed E-state index contributed by atoms with van der Waals surface area (Å²) < 4.78 is 0. The average molecular weight is 650 g/mol. The quantitative estimate of drug-likeness (QED) is 0.130. The van der Waals surface area contributed by atoms with Crippen LogP contribution in [0.15, 0.2) is 174 Å². The van der Waals surface area contributed by atoms with Crippen LogP contribution in [-0.2, 0) is 4.79 Å². The summed E-state index contributed by atoms with van der Waals surface area (Å²) in [6.45, 7) is 0. The fourth-order valence-electron chi connectivity index (χ4n) is 6.18. The second-order valence-electron chi connectivity index (χ2n) is 11.3. The molecule has 7 rings (SSSR count). The number of rotatable bonds is 7. The second kappa shape index (κ2) is 13.2. The number of carbonyl (C=O) groups is 1. The van der Waals surface area contributed by atoms with E-state index in [1.54, 1.807) is 0 Å². The van der Waals surface area contributed by atoms with E-state index in [0.717, 1.165) is 22.7 Å². The van der Waals surface area contributed by atoms with Gasteiger partial charge in [-0.05, 0) is 60.7 Å². The number of nitrogens with zero attached hydrogens (tertiary/aromatic N) is 2. The van der Waals surface area contributed by atoms with Crippen molar-refractivity contribution >= 4 is 39.8 Å². The summed E-state index contributed by atoms with van der Waals surface area (Å²) in [6.07, 6.45) is 2.90. The SMILES string of the molecule is C.O=C1C(=C2C(O)=CC(N(c3ccccc3)c3ccccc3)C=C2O)C([O-])=C1c1c(O)cc(N(c2ccccc2)c2ccccc2)cc1O. The van der Waals surface area contributed by atoms with Gasteiger partial charge in [0.05, 0.1) is 22.9 Å². The van der Waals surface area contributed by atoms with Crippen LogP contribution < -0.4 is 14.9 Å². The molecule has 0 spiro atoms. The third-order valence-corrected chi connectivity index (χ3v) is 8.31. The van der Waals surface area contributed by atoms with Gasteiger partial charge in [0, 0.05) is 46.0 Å². The van der Waals surface area contributed by atoms with Crippen molar-refractivity contribution in [3.8, 4) is 11.5 Å². The first-order valence-electron chi connectivity index (χ1n) is 15.2. The number of ketones is 1. The molecule has 5 aromatic carbocycles. The molecular weight excluding hydrogens is 616 g/mol. The van der Waals surface area contributed by atoms with Crippen LogP contribution in [0.25, 0.3) is 5.57 Å². The Morgan fingerprint density at radius 1 is 0.510 bits per heavy atom. The van der Waals surface area contributed by atoms with Crippen LogP contribution in [-0.4, -0.2) is 32.3 Å². The first-order valence-corrected chi connectivity index (χ1v) is 15.2. The zero-order valence-corrected chi connectivity index (χ0v) is 25.4. The molecule has 8 heteroatoms. The molecule has 0 saturated heterocycles. The van der Waals surface area contributed by atoms with E-state index in [1.807, 2.05) is 131 Å². The largest absolute Gasteiger partial charge is 0.871 e. The van der Waals surface area contributed by atoms with Crippen molar-refractivity contribution in [2.75, 3.05) is 9.80 Å². The Hall–Kier alpha value is -6.67. The summed E-state index contributed by atoms with van der Waals surface area (Å²) in [5.74, 6) is -3.50. The molecule has 244 valence electrons. The number of phenolic OH excluding ortho intramolecular Hbond substituents is 2. The number of phenols is 2. The summed E-state index contributed by atoms with van der Waals surface area (Å²) in [5, 5.41) is 58.2. The maximum atomic E-state index is 13.6. The van der Waals surface area contributed by atoms with Gasteiger partial charge in [0.25, 0.3) is 0 Å². The Labute approximate surface area is 284 Å². The molecule has 0 aliphatic heterocycles. The normalized spacial score (nSPS) is 15.5. The fraction of sp³-hybridized carbons (Fsp3) is 0.0488. The van der Waals surface area contributed by atoms with Gasteiger partial charge in [-0.1, -0.05) is 86.0 Å². The van der Waals surface area contributed by atoms with Crippen LogP contribution in [0.3, 0.4) is 0 Å². The predicted octanol–water partition coefficient (Wildman–Crippen LogP) is 8.26. The molecule has 0 heterocycles. The van der Waals surface area contributed by atoms with Gasteiger partial charge >= 0.3 is 0 Å². The Morgan fingerprint density at radius 3 is 1.29 bits per heavy atom. The lowest BCUT2D eigenvalue weighted by atomic mass is 9.78. The molecule has 2 aliphatic rings. The molecule has 49 heavy (non-hydrogen) atoms. The second-order valence-corrected chi connectivity index (χ2v) is 11.3. The maximum absolute atomic E-state index is 13.6. The number of benzene rings is 5. The van der Waals surface area contributed by atoms with E-state index in [1.165, 1.54) is 24.3 Å². The van der Waals surface area contributed by atoms with Crippen molar-refractivity contribution in [1.82, 2.24) is 0 Å². The van der Waals surface area contributed by atoms with E-state index in [4.69, 9.17) is 0 Å². The Balaban J connectivity index is 0.00000417. The highest BCUT2D eigenvalue weighted by Crippen LogP contribution is 2.49. The first kappa shape index (κ1) is 32.3. The smallest absolute Gasteiger partial charge is 0.193 e. The first-order chi connectivity index (χ1) is 23.3. The molecule has 4 N–H and O–H groups in total. The Kier molecular flexibility index (Phi) is 8.70. The molecule has 5 aromatic rings. The van der Waals surface area contributed by atoms with Crippen LogP contribution in [0.5, 0.6) is 11.5 Å². The number of carbonyl (C=O) groups excluding carboxylic acids is 1. The van der Waals surface area contributed by atoms with E-state index in [0.29, 0.717) is 5.69 Å². The number of Topliss-reactive ketones (excluding diaryl/α,β-unsaturated/α-hetero) is 1. The maximum Gasteiger partial charge on any atom is 0.193 e. The average Bonchev–Trinajstić information content (AvgIpc) is 3.10. The molecule has 8 nitrogen and oxygen atoms in total. The van der Waals surface area contributed by atoms with Crippen LogP contribution in [0.2, 0.25) is 0 Å². The number of hydrogen-bond acceptors (Lipinski definition) is 8. The number of para-hydroxylation sites is 4. The van der Waals surface area contributed by atoms with Gasteiger partial charge in [-0.2, -0.15) is 0 Å². The number of anilines is 5.